The van der Waals surface area contributed by atoms with Gasteiger partial charge < -0.3 is 19.1 Å². The largest absolute Gasteiger partial charge is 0.509 e. The molecule has 0 saturated carbocycles. The minimum atomic E-state index is -0.0642. The van der Waals surface area contributed by atoms with Gasteiger partial charge in [-0.05, 0) is 103 Å². The fourth-order valence-electron chi connectivity index (χ4n) is 10.3. The summed E-state index contributed by atoms with van der Waals surface area (Å²) in [4.78, 5) is 9.51. The molecule has 9 aromatic carbocycles. The van der Waals surface area contributed by atoms with Gasteiger partial charge in [-0.25, -0.2) is 4.98 Å². The van der Waals surface area contributed by atoms with Crippen LogP contribution in [0.3, 0.4) is 0 Å². The summed E-state index contributed by atoms with van der Waals surface area (Å²) in [7, 11) is 0. The molecular formula is C68H55N4OPt-3. The average molecular weight is 1140 g/mol. The summed E-state index contributed by atoms with van der Waals surface area (Å²) in [5.74, 6) is 2.00. The fraction of sp³-hybridized carbons (Fsp3) is 0.118. The monoisotopic (exact) mass is 1140 g/mol. The minimum absolute atomic E-state index is 0. The number of rotatable bonds is 9. The van der Waals surface area contributed by atoms with E-state index in [0.717, 1.165) is 72.6 Å². The summed E-state index contributed by atoms with van der Waals surface area (Å²) >= 11 is 0. The van der Waals surface area contributed by atoms with Gasteiger partial charge in [-0.1, -0.05) is 193 Å². The van der Waals surface area contributed by atoms with E-state index >= 15 is 0 Å². The number of aromatic nitrogens is 2. The van der Waals surface area contributed by atoms with Gasteiger partial charge in [0.1, 0.15) is 5.82 Å². The first-order valence-electron chi connectivity index (χ1n) is 25.1. The average Bonchev–Trinajstić information content (AvgIpc) is 3.98. The Balaban J connectivity index is 0.00000588. The molecule has 11 aromatic rings. The summed E-state index contributed by atoms with van der Waals surface area (Å²) in [6.07, 6.45) is 1.92. The maximum atomic E-state index is 6.81. The van der Waals surface area contributed by atoms with E-state index in [-0.39, 0.29) is 31.9 Å². The number of hydrogen-bond acceptors (Lipinski definition) is 4. The first-order chi connectivity index (χ1) is 35.5. The van der Waals surface area contributed by atoms with Gasteiger partial charge >= 0.3 is 0 Å². The Morgan fingerprint density at radius 2 is 1.07 bits per heavy atom. The van der Waals surface area contributed by atoms with Gasteiger partial charge in [0.05, 0.1) is 0 Å². The number of benzene rings is 9. The maximum absolute atomic E-state index is 6.81. The summed E-state index contributed by atoms with van der Waals surface area (Å²) in [5.41, 5.74) is 17.7. The third kappa shape index (κ3) is 9.01. The summed E-state index contributed by atoms with van der Waals surface area (Å²) in [6, 6.07) is 82.9. The predicted octanol–water partition coefficient (Wildman–Crippen LogP) is 18.2. The Labute approximate surface area is 449 Å². The molecule has 366 valence electrons. The molecule has 1 aliphatic heterocycles. The summed E-state index contributed by atoms with van der Waals surface area (Å²) in [6.45, 7) is 15.7. The second-order valence-corrected chi connectivity index (χ2v) is 21.0. The molecule has 0 radical (unpaired) electrons. The van der Waals surface area contributed by atoms with Crippen molar-refractivity contribution in [2.45, 2.75) is 52.4 Å². The molecule has 5 nitrogen and oxygen atoms in total. The molecule has 2 aromatic heterocycles. The van der Waals surface area contributed by atoms with E-state index in [2.05, 4.69) is 269 Å². The molecule has 0 spiro atoms. The molecule has 12 rings (SSSR count). The quantitative estimate of drug-likeness (QED) is 0.135. The molecular weight excluding hydrogens is 1080 g/mol. The molecule has 0 unspecified atom stereocenters. The van der Waals surface area contributed by atoms with E-state index in [4.69, 9.17) is 9.72 Å². The molecule has 0 saturated heterocycles. The minimum Gasteiger partial charge on any atom is -0.509 e. The molecule has 0 N–H and O–H groups in total. The van der Waals surface area contributed by atoms with E-state index in [9.17, 15) is 0 Å². The normalized spacial score (nSPS) is 12.5. The van der Waals surface area contributed by atoms with Gasteiger partial charge in [-0.2, -0.15) is 12.1 Å². The number of anilines is 4. The maximum Gasteiger partial charge on any atom is 0.135 e. The second-order valence-electron chi connectivity index (χ2n) is 21.0. The van der Waals surface area contributed by atoms with Gasteiger partial charge in [0.2, 0.25) is 0 Å². The van der Waals surface area contributed by atoms with Crippen LogP contribution in [0, 0.1) is 18.8 Å². The molecule has 0 amide bonds. The Bertz CT molecular complexity index is 3780. The third-order valence-electron chi connectivity index (χ3n) is 14.1. The van der Waals surface area contributed by atoms with Crippen LogP contribution < -0.4 is 14.5 Å². The molecule has 1 aliphatic rings. The zero-order valence-corrected chi connectivity index (χ0v) is 44.6. The van der Waals surface area contributed by atoms with Crippen LogP contribution in [0.15, 0.2) is 219 Å². The van der Waals surface area contributed by atoms with E-state index in [1.54, 1.807) is 0 Å². The van der Waals surface area contributed by atoms with Crippen LogP contribution >= 0.6 is 0 Å². The Morgan fingerprint density at radius 3 is 1.77 bits per heavy atom. The van der Waals surface area contributed by atoms with Crippen LogP contribution in [0.2, 0.25) is 0 Å². The number of fused-ring (bicyclic) bond motifs is 4. The van der Waals surface area contributed by atoms with Crippen molar-refractivity contribution in [3.63, 3.8) is 0 Å². The van der Waals surface area contributed by atoms with Crippen LogP contribution in [0.25, 0.3) is 72.1 Å². The zero-order valence-electron chi connectivity index (χ0n) is 42.4. The first kappa shape index (κ1) is 48.3. The summed E-state index contributed by atoms with van der Waals surface area (Å²) < 4.78 is 9.04. The van der Waals surface area contributed by atoms with Gasteiger partial charge in [0.15, 0.2) is 0 Å². The number of pyridine rings is 1. The number of para-hydroxylation sites is 2. The predicted molar refractivity (Wildman–Crippen MR) is 303 cm³/mol. The molecule has 0 bridgehead atoms. The van der Waals surface area contributed by atoms with E-state index in [0.29, 0.717) is 11.5 Å². The van der Waals surface area contributed by atoms with Crippen molar-refractivity contribution >= 4 is 44.6 Å². The third-order valence-corrected chi connectivity index (χ3v) is 14.1. The van der Waals surface area contributed by atoms with Crippen molar-refractivity contribution in [3.05, 3.63) is 248 Å². The molecule has 3 heterocycles. The second kappa shape index (κ2) is 19.5. The van der Waals surface area contributed by atoms with Gasteiger partial charge in [0.25, 0.3) is 0 Å². The van der Waals surface area contributed by atoms with Crippen molar-refractivity contribution in [2.24, 2.45) is 0 Å². The Morgan fingerprint density at radius 1 is 0.473 bits per heavy atom. The van der Waals surface area contributed by atoms with E-state index < -0.39 is 0 Å². The molecule has 6 heteroatoms. The number of ether oxygens (including phenoxy) is 1. The summed E-state index contributed by atoms with van der Waals surface area (Å²) in [5, 5.41) is 2.20. The van der Waals surface area contributed by atoms with Crippen LogP contribution in [0.4, 0.5) is 22.7 Å². The smallest absolute Gasteiger partial charge is 0.135 e. The first-order valence-corrected chi connectivity index (χ1v) is 25.1. The number of nitrogens with zero attached hydrogens (tertiary/aromatic N) is 4. The van der Waals surface area contributed by atoms with Crippen LogP contribution in [0.5, 0.6) is 11.5 Å². The van der Waals surface area contributed by atoms with Gasteiger partial charge in [0, 0.05) is 66.9 Å². The number of hydrogen-bond donors (Lipinski definition) is 0. The SMILES string of the molecule is CC(C)(C)c1cccc(-c2ccc3c(c2)c2ccc(Oc4[c-]c(N5[CH-]N(c6ccccc6)c6c(-c7c(-c8ccccc8)cccc7-c7ccccc7)cccc65)ccc4)[c-]c2n3-c2cc(C(C)(C)C)ccn2)c1.[Pt]. The van der Waals surface area contributed by atoms with E-state index in [1.807, 2.05) is 24.4 Å². The molecule has 0 atom stereocenters. The van der Waals surface area contributed by atoms with Crippen LogP contribution in [0.1, 0.15) is 52.7 Å². The van der Waals surface area contributed by atoms with Gasteiger partial charge in [-0.15, -0.1) is 48.1 Å². The molecule has 74 heavy (non-hydrogen) atoms. The van der Waals surface area contributed by atoms with Crippen molar-refractivity contribution < 1.29 is 25.8 Å². The zero-order chi connectivity index (χ0) is 49.8. The fourth-order valence-corrected chi connectivity index (χ4v) is 10.3. The van der Waals surface area contributed by atoms with Gasteiger partial charge in [-0.3, -0.25) is 0 Å². The molecule has 0 fully saturated rings. The van der Waals surface area contributed by atoms with Crippen molar-refractivity contribution in [2.75, 3.05) is 9.80 Å². The Hall–Kier alpha value is -7.98. The van der Waals surface area contributed by atoms with Crippen molar-refractivity contribution in [1.29, 1.82) is 0 Å². The topological polar surface area (TPSA) is 33.5 Å². The molecule has 0 aliphatic carbocycles. The standard InChI is InChI=1S/C68H55N4O.Pt/c1-67(2,3)50-25-16-24-48(40-50)49-34-37-61-60(41-49)58-36-35-55(44-63(58)72(61)64-42-51(38-39-69-64)68(4,5)6)73-54-29-17-28-53(43-54)70-45-71(52-26-14-9-15-27-52)66-59(32-19-33-62(66)70)65-56(46-20-10-7-11-21-46)30-18-31-57(65)47-22-12-8-13-23-47;/h7-42,45H,1-6H3;/q-3;. The van der Waals surface area contributed by atoms with Crippen molar-refractivity contribution in [1.82, 2.24) is 9.55 Å². The van der Waals surface area contributed by atoms with Crippen LogP contribution in [-0.4, -0.2) is 9.55 Å². The Kier molecular flexibility index (Phi) is 12.7. The van der Waals surface area contributed by atoms with Crippen LogP contribution in [-0.2, 0) is 31.9 Å². The van der Waals surface area contributed by atoms with Crippen molar-refractivity contribution in [3.8, 4) is 61.8 Å². The van der Waals surface area contributed by atoms with E-state index in [1.165, 1.54) is 33.4 Å².